The normalized spacial score (nSPS) is 14.8. The molecule has 2 rings (SSSR count). The van der Waals surface area contributed by atoms with Crippen molar-refractivity contribution in [3.63, 3.8) is 0 Å². The summed E-state index contributed by atoms with van der Waals surface area (Å²) >= 11 is 0. The molecule has 0 atom stereocenters. The molecule has 1 fully saturated rings. The molecule has 1 aliphatic carbocycles. The second-order valence-corrected chi connectivity index (χ2v) is 4.66. The van der Waals surface area contributed by atoms with Gasteiger partial charge in [0.15, 0.2) is 11.6 Å². The Bertz CT molecular complexity index is 380. The number of benzene rings is 1. The summed E-state index contributed by atoms with van der Waals surface area (Å²) in [5, 5.41) is 12.0. The highest BCUT2D eigenvalue weighted by atomic mass is 19.1. The first kappa shape index (κ1) is 13.3. The molecule has 1 aliphatic rings. The van der Waals surface area contributed by atoms with E-state index in [9.17, 15) is 4.39 Å². The van der Waals surface area contributed by atoms with Crippen molar-refractivity contribution in [2.75, 3.05) is 13.2 Å². The topological polar surface area (TPSA) is 41.5 Å². The van der Waals surface area contributed by atoms with Crippen LogP contribution in [0.3, 0.4) is 0 Å². The van der Waals surface area contributed by atoms with Crippen molar-refractivity contribution in [3.05, 3.63) is 29.6 Å². The summed E-state index contributed by atoms with van der Waals surface area (Å²) in [4.78, 5) is 0. The summed E-state index contributed by atoms with van der Waals surface area (Å²) in [6.07, 6.45) is 3.84. The summed E-state index contributed by atoms with van der Waals surface area (Å²) in [6.45, 7) is 1.24. The monoisotopic (exact) mass is 253 g/mol. The van der Waals surface area contributed by atoms with E-state index in [4.69, 9.17) is 9.84 Å². The van der Waals surface area contributed by atoms with Gasteiger partial charge in [0.25, 0.3) is 0 Å². The smallest absolute Gasteiger partial charge is 0.165 e. The number of aliphatic hydroxyl groups is 1. The van der Waals surface area contributed by atoms with Crippen LogP contribution in [0, 0.1) is 5.82 Å². The number of aliphatic hydroxyl groups excluding tert-OH is 1. The summed E-state index contributed by atoms with van der Waals surface area (Å²) < 4.78 is 19.2. The fourth-order valence-corrected chi connectivity index (χ4v) is 1.78. The Morgan fingerprint density at radius 1 is 1.33 bits per heavy atom. The van der Waals surface area contributed by atoms with Crippen molar-refractivity contribution < 1.29 is 14.2 Å². The highest BCUT2D eigenvalue weighted by Crippen LogP contribution is 2.25. The van der Waals surface area contributed by atoms with Gasteiger partial charge < -0.3 is 15.2 Å². The largest absolute Gasteiger partial charge is 0.490 e. The van der Waals surface area contributed by atoms with Crippen LogP contribution in [0.25, 0.3) is 0 Å². The maximum atomic E-state index is 13.7. The lowest BCUT2D eigenvalue weighted by Gasteiger charge is -2.12. The van der Waals surface area contributed by atoms with Crippen molar-refractivity contribution in [2.45, 2.75) is 38.3 Å². The van der Waals surface area contributed by atoms with Gasteiger partial charge in [0.2, 0.25) is 0 Å². The van der Waals surface area contributed by atoms with E-state index in [0.717, 1.165) is 12.0 Å². The molecular weight excluding hydrogens is 233 g/mol. The van der Waals surface area contributed by atoms with E-state index in [1.54, 1.807) is 6.07 Å². The van der Waals surface area contributed by atoms with Crippen LogP contribution in [-0.4, -0.2) is 24.4 Å². The molecule has 0 heterocycles. The van der Waals surface area contributed by atoms with Crippen molar-refractivity contribution in [1.29, 1.82) is 0 Å². The fraction of sp³-hybridized carbons (Fsp3) is 0.571. The van der Waals surface area contributed by atoms with Gasteiger partial charge in [-0.05, 0) is 31.7 Å². The molecule has 0 amide bonds. The molecule has 100 valence electrons. The molecule has 3 nitrogen and oxygen atoms in total. The predicted octanol–water partition coefficient (Wildman–Crippen LogP) is 2.23. The first-order valence-electron chi connectivity index (χ1n) is 6.55. The molecule has 2 N–H and O–H groups in total. The minimum absolute atomic E-state index is 0.150. The lowest BCUT2D eigenvalue weighted by molar-refractivity contribution is 0.247. The molecule has 4 heteroatoms. The molecular formula is C14H20FNO2. The van der Waals surface area contributed by atoms with Gasteiger partial charge in [-0.2, -0.15) is 0 Å². The Kier molecular flexibility index (Phi) is 4.96. The van der Waals surface area contributed by atoms with Gasteiger partial charge in [-0.25, -0.2) is 4.39 Å². The van der Waals surface area contributed by atoms with E-state index in [0.29, 0.717) is 31.4 Å². The van der Waals surface area contributed by atoms with Crippen LogP contribution in [0.2, 0.25) is 0 Å². The van der Waals surface area contributed by atoms with Crippen LogP contribution in [-0.2, 0) is 6.54 Å². The summed E-state index contributed by atoms with van der Waals surface area (Å²) in [7, 11) is 0. The maximum absolute atomic E-state index is 13.7. The lowest BCUT2D eigenvalue weighted by atomic mass is 10.2. The first-order valence-corrected chi connectivity index (χ1v) is 6.55. The quantitative estimate of drug-likeness (QED) is 0.698. The Morgan fingerprint density at radius 2 is 2.17 bits per heavy atom. The number of hydrogen-bond acceptors (Lipinski definition) is 3. The van der Waals surface area contributed by atoms with Crippen LogP contribution in [0.5, 0.6) is 5.75 Å². The molecule has 18 heavy (non-hydrogen) atoms. The number of ether oxygens (including phenoxy) is 1. The van der Waals surface area contributed by atoms with Crippen molar-refractivity contribution >= 4 is 0 Å². The molecule has 1 saturated carbocycles. The molecule has 1 aromatic carbocycles. The van der Waals surface area contributed by atoms with Gasteiger partial charge in [0.1, 0.15) is 0 Å². The zero-order valence-electron chi connectivity index (χ0n) is 10.5. The average molecular weight is 253 g/mol. The summed E-state index contributed by atoms with van der Waals surface area (Å²) in [6, 6.07) is 5.61. The maximum Gasteiger partial charge on any atom is 0.165 e. The first-order chi connectivity index (χ1) is 8.81. The molecule has 0 aromatic heterocycles. The average Bonchev–Trinajstić information content (AvgIpc) is 3.18. The van der Waals surface area contributed by atoms with Crippen LogP contribution in [0.15, 0.2) is 18.2 Å². The Balaban J connectivity index is 1.91. The van der Waals surface area contributed by atoms with Crippen molar-refractivity contribution in [2.24, 2.45) is 0 Å². The Labute approximate surface area is 107 Å². The SMILES string of the molecule is OCCCCOc1c(F)cccc1CNC1CC1. The standard InChI is InChI=1S/C14H20FNO2/c15-13-5-3-4-11(10-16-12-6-7-12)14(13)18-9-2-1-8-17/h3-5,12,16-17H,1-2,6-10H2. The Hall–Kier alpha value is -1.13. The number of hydrogen-bond donors (Lipinski definition) is 2. The van der Waals surface area contributed by atoms with E-state index in [2.05, 4.69) is 5.32 Å². The number of unbranched alkanes of at least 4 members (excludes halogenated alkanes) is 1. The second-order valence-electron chi connectivity index (χ2n) is 4.66. The van der Waals surface area contributed by atoms with Crippen molar-refractivity contribution in [3.8, 4) is 5.75 Å². The molecule has 1 aromatic rings. The zero-order valence-corrected chi connectivity index (χ0v) is 10.5. The summed E-state index contributed by atoms with van der Waals surface area (Å²) in [5.41, 5.74) is 0.867. The third kappa shape index (κ3) is 3.96. The van der Waals surface area contributed by atoms with Gasteiger partial charge >= 0.3 is 0 Å². The van der Waals surface area contributed by atoms with Gasteiger partial charge in [0, 0.05) is 24.8 Å². The van der Waals surface area contributed by atoms with Gasteiger partial charge in [-0.15, -0.1) is 0 Å². The second kappa shape index (κ2) is 6.71. The van der Waals surface area contributed by atoms with Crippen LogP contribution in [0.4, 0.5) is 4.39 Å². The van der Waals surface area contributed by atoms with E-state index >= 15 is 0 Å². The molecule has 0 saturated heterocycles. The van der Waals surface area contributed by atoms with Crippen LogP contribution < -0.4 is 10.1 Å². The molecule has 0 spiro atoms. The minimum Gasteiger partial charge on any atom is -0.490 e. The number of halogens is 1. The van der Waals surface area contributed by atoms with E-state index in [1.165, 1.54) is 18.9 Å². The minimum atomic E-state index is -0.311. The number of rotatable bonds is 8. The van der Waals surface area contributed by atoms with Gasteiger partial charge in [-0.3, -0.25) is 0 Å². The molecule has 0 radical (unpaired) electrons. The third-order valence-electron chi connectivity index (χ3n) is 3.01. The van der Waals surface area contributed by atoms with E-state index < -0.39 is 0 Å². The van der Waals surface area contributed by atoms with Crippen LogP contribution in [0.1, 0.15) is 31.2 Å². The van der Waals surface area contributed by atoms with Crippen molar-refractivity contribution in [1.82, 2.24) is 5.32 Å². The van der Waals surface area contributed by atoms with E-state index in [1.807, 2.05) is 6.07 Å². The van der Waals surface area contributed by atoms with Gasteiger partial charge in [-0.1, -0.05) is 12.1 Å². The highest BCUT2D eigenvalue weighted by molar-refractivity contribution is 5.35. The van der Waals surface area contributed by atoms with Gasteiger partial charge in [0.05, 0.1) is 6.61 Å². The highest BCUT2D eigenvalue weighted by Gasteiger charge is 2.21. The Morgan fingerprint density at radius 3 is 2.89 bits per heavy atom. The molecule has 0 aliphatic heterocycles. The summed E-state index contributed by atoms with van der Waals surface area (Å²) in [5.74, 6) is 0.0395. The van der Waals surface area contributed by atoms with E-state index in [-0.39, 0.29) is 12.4 Å². The van der Waals surface area contributed by atoms with Crippen LogP contribution >= 0.6 is 0 Å². The third-order valence-corrected chi connectivity index (χ3v) is 3.01. The molecule has 0 unspecified atom stereocenters. The fourth-order valence-electron chi connectivity index (χ4n) is 1.78. The zero-order chi connectivity index (χ0) is 12.8. The molecule has 0 bridgehead atoms. The number of para-hydroxylation sites is 1. The number of nitrogens with one attached hydrogen (secondary N) is 1. The lowest BCUT2D eigenvalue weighted by Crippen LogP contribution is -2.16. The predicted molar refractivity (Wildman–Crippen MR) is 68.1 cm³/mol.